The highest BCUT2D eigenvalue weighted by atomic mass is 15.1. The number of likely N-dealkylation sites (N-methyl/N-ethyl adjacent to an activating group) is 1. The van der Waals surface area contributed by atoms with Gasteiger partial charge < -0.3 is 4.90 Å². The summed E-state index contributed by atoms with van der Waals surface area (Å²) in [7, 11) is 2.13. The molecule has 2 aromatic carbocycles. The monoisotopic (exact) mass is 288 g/mol. The van der Waals surface area contributed by atoms with Gasteiger partial charge in [-0.3, -0.25) is 5.10 Å². The highest BCUT2D eigenvalue weighted by molar-refractivity contribution is 5.78. The van der Waals surface area contributed by atoms with Gasteiger partial charge in [-0.25, -0.2) is 0 Å². The van der Waals surface area contributed by atoms with Crippen LogP contribution in [0.1, 0.15) is 28.2 Å². The fraction of sp³-hybridized carbons (Fsp3) is 0.222. The number of hydrogen-bond acceptors (Lipinski definition) is 3. The third-order valence-corrected chi connectivity index (χ3v) is 4.45. The van der Waals surface area contributed by atoms with Gasteiger partial charge in [0.1, 0.15) is 0 Å². The number of nitrogens with zero attached hydrogens (tertiary/aromatic N) is 3. The van der Waals surface area contributed by atoms with E-state index in [1.54, 1.807) is 0 Å². The molecule has 1 aromatic heterocycles. The van der Waals surface area contributed by atoms with Crippen LogP contribution in [-0.2, 0) is 6.54 Å². The van der Waals surface area contributed by atoms with Crippen molar-refractivity contribution in [1.82, 2.24) is 15.1 Å². The molecule has 2 heterocycles. The number of aromatic nitrogens is 2. The summed E-state index contributed by atoms with van der Waals surface area (Å²) in [5, 5.41) is 17.3. The molecule has 0 spiro atoms. The number of nitrogens with one attached hydrogen (secondary N) is 1. The Morgan fingerprint density at radius 2 is 2.18 bits per heavy atom. The van der Waals surface area contributed by atoms with Crippen LogP contribution >= 0.6 is 0 Å². The van der Waals surface area contributed by atoms with Crippen LogP contribution in [0.4, 0.5) is 0 Å². The van der Waals surface area contributed by atoms with E-state index in [2.05, 4.69) is 52.5 Å². The van der Waals surface area contributed by atoms with Crippen LogP contribution in [0, 0.1) is 11.3 Å². The van der Waals surface area contributed by atoms with Crippen molar-refractivity contribution in [3.05, 3.63) is 64.8 Å². The molecular weight excluding hydrogens is 272 g/mol. The number of aromatic amines is 1. The van der Waals surface area contributed by atoms with Crippen molar-refractivity contribution in [2.75, 3.05) is 13.6 Å². The predicted octanol–water partition coefficient (Wildman–Crippen LogP) is 3.01. The molecule has 1 N–H and O–H groups in total. The molecule has 4 heteroatoms. The fourth-order valence-electron chi connectivity index (χ4n) is 3.38. The van der Waals surface area contributed by atoms with Gasteiger partial charge >= 0.3 is 0 Å². The van der Waals surface area contributed by atoms with Crippen LogP contribution in [0.15, 0.2) is 42.6 Å². The van der Waals surface area contributed by atoms with E-state index in [0.717, 1.165) is 29.6 Å². The second-order valence-electron chi connectivity index (χ2n) is 5.99. The Balaban J connectivity index is 1.83. The first-order valence-corrected chi connectivity index (χ1v) is 7.39. The summed E-state index contributed by atoms with van der Waals surface area (Å²) < 4.78 is 0. The first kappa shape index (κ1) is 13.1. The molecule has 4 rings (SSSR count). The van der Waals surface area contributed by atoms with E-state index in [-0.39, 0.29) is 0 Å². The van der Waals surface area contributed by atoms with Gasteiger partial charge in [0.2, 0.25) is 0 Å². The van der Waals surface area contributed by atoms with Crippen molar-refractivity contribution >= 4 is 10.9 Å². The minimum atomic E-state index is 0.334. The molecule has 0 saturated carbocycles. The summed E-state index contributed by atoms with van der Waals surface area (Å²) in [6.45, 7) is 1.89. The molecule has 1 atom stereocenters. The number of benzene rings is 2. The highest BCUT2D eigenvalue weighted by Crippen LogP contribution is 2.34. The van der Waals surface area contributed by atoms with Crippen LogP contribution in [-0.4, -0.2) is 28.7 Å². The Morgan fingerprint density at radius 1 is 1.27 bits per heavy atom. The normalized spacial score (nSPS) is 18.1. The molecule has 0 fully saturated rings. The van der Waals surface area contributed by atoms with Crippen molar-refractivity contribution in [2.45, 2.75) is 12.5 Å². The molecule has 4 nitrogen and oxygen atoms in total. The van der Waals surface area contributed by atoms with Crippen molar-refractivity contribution in [2.24, 2.45) is 0 Å². The van der Waals surface area contributed by atoms with Crippen LogP contribution in [0.3, 0.4) is 0 Å². The molecule has 22 heavy (non-hydrogen) atoms. The first-order chi connectivity index (χ1) is 10.7. The summed E-state index contributed by atoms with van der Waals surface area (Å²) >= 11 is 0. The Hall–Kier alpha value is -2.64. The molecule has 1 aliphatic rings. The first-order valence-electron chi connectivity index (χ1n) is 7.39. The van der Waals surface area contributed by atoms with Gasteiger partial charge in [-0.15, -0.1) is 0 Å². The quantitative estimate of drug-likeness (QED) is 0.749. The van der Waals surface area contributed by atoms with Gasteiger partial charge in [0.05, 0.1) is 23.3 Å². The van der Waals surface area contributed by atoms with E-state index >= 15 is 0 Å². The lowest BCUT2D eigenvalue weighted by Gasteiger charge is -2.32. The maximum Gasteiger partial charge on any atom is 0.0991 e. The van der Waals surface area contributed by atoms with E-state index in [0.29, 0.717) is 5.92 Å². The molecular formula is C18H16N4. The van der Waals surface area contributed by atoms with Gasteiger partial charge in [0.25, 0.3) is 0 Å². The third-order valence-electron chi connectivity index (χ3n) is 4.45. The summed E-state index contributed by atoms with van der Waals surface area (Å²) in [4.78, 5) is 2.31. The second kappa shape index (κ2) is 4.97. The standard InChI is InChI=1S/C18H16N4/c1-22-10-15-6-12(8-19)2-4-16(15)17(11-22)13-3-5-18-14(7-13)9-20-21-18/h2-7,9,17H,10-11H2,1H3,(H,20,21). The zero-order valence-corrected chi connectivity index (χ0v) is 12.4. The van der Waals surface area contributed by atoms with Crippen LogP contribution < -0.4 is 0 Å². The minimum absolute atomic E-state index is 0.334. The maximum atomic E-state index is 9.11. The zero-order valence-electron chi connectivity index (χ0n) is 12.4. The van der Waals surface area contributed by atoms with Crippen molar-refractivity contribution in [1.29, 1.82) is 5.26 Å². The smallest absolute Gasteiger partial charge is 0.0991 e. The SMILES string of the molecule is CN1Cc2cc(C#N)ccc2C(c2ccc3[nH]ncc3c2)C1. The van der Waals surface area contributed by atoms with Crippen LogP contribution in [0.2, 0.25) is 0 Å². The van der Waals surface area contributed by atoms with E-state index in [9.17, 15) is 0 Å². The fourth-order valence-corrected chi connectivity index (χ4v) is 3.38. The van der Waals surface area contributed by atoms with Crippen LogP contribution in [0.25, 0.3) is 10.9 Å². The molecule has 0 saturated heterocycles. The average molecular weight is 288 g/mol. The van der Waals surface area contributed by atoms with Crippen molar-refractivity contribution in [3.63, 3.8) is 0 Å². The average Bonchev–Trinajstić information content (AvgIpc) is 3.00. The van der Waals surface area contributed by atoms with E-state index < -0.39 is 0 Å². The second-order valence-corrected chi connectivity index (χ2v) is 5.99. The number of fused-ring (bicyclic) bond motifs is 2. The van der Waals surface area contributed by atoms with Crippen LogP contribution in [0.5, 0.6) is 0 Å². The molecule has 0 amide bonds. The molecule has 0 bridgehead atoms. The summed E-state index contributed by atoms with van der Waals surface area (Å²) in [5.41, 5.74) is 5.68. The number of rotatable bonds is 1. The lowest BCUT2D eigenvalue weighted by Crippen LogP contribution is -2.31. The summed E-state index contributed by atoms with van der Waals surface area (Å²) in [6, 6.07) is 14.8. The third kappa shape index (κ3) is 2.07. The lowest BCUT2D eigenvalue weighted by atomic mass is 9.84. The summed E-state index contributed by atoms with van der Waals surface area (Å²) in [5.74, 6) is 0.334. The Morgan fingerprint density at radius 3 is 3.05 bits per heavy atom. The van der Waals surface area contributed by atoms with E-state index in [1.165, 1.54) is 16.7 Å². The van der Waals surface area contributed by atoms with Gasteiger partial charge in [0.15, 0.2) is 0 Å². The predicted molar refractivity (Wildman–Crippen MR) is 85.4 cm³/mol. The van der Waals surface area contributed by atoms with Crippen molar-refractivity contribution < 1.29 is 0 Å². The molecule has 3 aromatic rings. The molecule has 108 valence electrons. The summed E-state index contributed by atoms with van der Waals surface area (Å²) in [6.07, 6.45) is 1.87. The molecule has 1 unspecified atom stereocenters. The lowest BCUT2D eigenvalue weighted by molar-refractivity contribution is 0.295. The Labute approximate surface area is 129 Å². The van der Waals surface area contributed by atoms with Gasteiger partial charge in [-0.05, 0) is 48.0 Å². The van der Waals surface area contributed by atoms with Gasteiger partial charge in [-0.2, -0.15) is 10.4 Å². The topological polar surface area (TPSA) is 55.7 Å². The maximum absolute atomic E-state index is 9.11. The minimum Gasteiger partial charge on any atom is -0.301 e. The van der Waals surface area contributed by atoms with E-state index in [1.807, 2.05) is 18.3 Å². The number of H-pyrrole nitrogens is 1. The molecule has 1 aliphatic heterocycles. The Bertz CT molecular complexity index is 887. The van der Waals surface area contributed by atoms with E-state index in [4.69, 9.17) is 5.26 Å². The number of hydrogen-bond donors (Lipinski definition) is 1. The van der Waals surface area contributed by atoms with Crippen molar-refractivity contribution in [3.8, 4) is 6.07 Å². The Kier molecular flexibility index (Phi) is 2.95. The molecule has 0 aliphatic carbocycles. The largest absolute Gasteiger partial charge is 0.301 e. The molecule has 0 radical (unpaired) electrons. The zero-order chi connectivity index (χ0) is 15.1. The number of nitriles is 1. The van der Waals surface area contributed by atoms with Gasteiger partial charge in [0, 0.05) is 24.4 Å². The highest BCUT2D eigenvalue weighted by Gasteiger charge is 2.25. The van der Waals surface area contributed by atoms with Gasteiger partial charge in [-0.1, -0.05) is 12.1 Å².